The lowest BCUT2D eigenvalue weighted by Gasteiger charge is -2.36. The van der Waals surface area contributed by atoms with Crippen LogP contribution in [-0.2, 0) is 11.3 Å². The van der Waals surface area contributed by atoms with Crippen LogP contribution in [0, 0.1) is 5.92 Å². The van der Waals surface area contributed by atoms with Gasteiger partial charge in [0, 0.05) is 56.3 Å². The van der Waals surface area contributed by atoms with E-state index in [1.165, 1.54) is 5.56 Å². The van der Waals surface area contributed by atoms with Gasteiger partial charge in [0.1, 0.15) is 0 Å². The van der Waals surface area contributed by atoms with E-state index in [9.17, 15) is 4.79 Å². The fraction of sp³-hybridized carbons (Fsp3) is 0.600. The average Bonchev–Trinajstić information content (AvgIpc) is 3.09. The van der Waals surface area contributed by atoms with Crippen LogP contribution in [0.3, 0.4) is 0 Å². The van der Waals surface area contributed by atoms with Gasteiger partial charge in [-0.05, 0) is 30.0 Å². The van der Waals surface area contributed by atoms with Crippen LogP contribution in [0.2, 0.25) is 0 Å². The second-order valence-electron chi connectivity index (χ2n) is 7.32. The number of aliphatic imine (C=N–C) groups is 1. The minimum atomic E-state index is 0. The SMILES string of the molecule is CN=C(NCc1ccc(N2CCCC2=O)cc1)N1CCSC(C(C)C)C1.I. The Balaban J connectivity index is 0.00000261. The van der Waals surface area contributed by atoms with E-state index in [1.54, 1.807) is 0 Å². The summed E-state index contributed by atoms with van der Waals surface area (Å²) in [5.41, 5.74) is 2.21. The Morgan fingerprint density at radius 2 is 2.04 bits per heavy atom. The molecule has 1 unspecified atom stereocenters. The molecule has 7 heteroatoms. The first kappa shape index (κ1) is 22.3. The van der Waals surface area contributed by atoms with Crippen molar-refractivity contribution in [1.82, 2.24) is 10.2 Å². The number of benzene rings is 1. The third-order valence-corrected chi connectivity index (χ3v) is 6.66. The van der Waals surface area contributed by atoms with E-state index in [0.717, 1.165) is 50.0 Å². The van der Waals surface area contributed by atoms with Gasteiger partial charge in [0.25, 0.3) is 0 Å². The molecule has 2 fully saturated rings. The maximum absolute atomic E-state index is 11.9. The summed E-state index contributed by atoms with van der Waals surface area (Å²) in [4.78, 5) is 20.6. The van der Waals surface area contributed by atoms with Crippen molar-refractivity contribution in [3.05, 3.63) is 29.8 Å². The Hall–Kier alpha value is -0.960. The smallest absolute Gasteiger partial charge is 0.227 e. The Labute approximate surface area is 184 Å². The summed E-state index contributed by atoms with van der Waals surface area (Å²) in [6, 6.07) is 8.30. The summed E-state index contributed by atoms with van der Waals surface area (Å²) in [6.45, 7) is 8.28. The van der Waals surface area contributed by atoms with Crippen LogP contribution in [0.15, 0.2) is 29.3 Å². The Bertz CT molecular complexity index is 650. The van der Waals surface area contributed by atoms with Gasteiger partial charge in [-0.1, -0.05) is 26.0 Å². The van der Waals surface area contributed by atoms with Gasteiger partial charge in [-0.15, -0.1) is 24.0 Å². The third kappa shape index (κ3) is 5.76. The van der Waals surface area contributed by atoms with Crippen molar-refractivity contribution in [2.45, 2.75) is 38.5 Å². The van der Waals surface area contributed by atoms with Crippen molar-refractivity contribution >= 4 is 53.3 Å². The molecule has 1 aromatic rings. The van der Waals surface area contributed by atoms with Crippen LogP contribution >= 0.6 is 35.7 Å². The lowest BCUT2D eigenvalue weighted by Crippen LogP contribution is -2.48. The maximum atomic E-state index is 11.9. The van der Waals surface area contributed by atoms with Crippen molar-refractivity contribution < 1.29 is 4.79 Å². The van der Waals surface area contributed by atoms with E-state index in [1.807, 2.05) is 11.9 Å². The number of hydrogen-bond donors (Lipinski definition) is 1. The fourth-order valence-electron chi connectivity index (χ4n) is 3.50. The molecule has 0 spiro atoms. The highest BCUT2D eigenvalue weighted by Crippen LogP contribution is 2.25. The first-order chi connectivity index (χ1) is 12.6. The predicted octanol–water partition coefficient (Wildman–Crippen LogP) is 3.58. The zero-order valence-electron chi connectivity index (χ0n) is 16.5. The van der Waals surface area contributed by atoms with Crippen molar-refractivity contribution in [3.63, 3.8) is 0 Å². The van der Waals surface area contributed by atoms with E-state index in [4.69, 9.17) is 0 Å². The molecule has 1 atom stereocenters. The van der Waals surface area contributed by atoms with Gasteiger partial charge < -0.3 is 15.1 Å². The maximum Gasteiger partial charge on any atom is 0.227 e. The zero-order valence-corrected chi connectivity index (χ0v) is 19.6. The number of halogens is 1. The molecule has 1 aromatic carbocycles. The minimum absolute atomic E-state index is 0. The first-order valence-electron chi connectivity index (χ1n) is 9.55. The van der Waals surface area contributed by atoms with Crippen LogP contribution in [0.25, 0.3) is 0 Å². The van der Waals surface area contributed by atoms with Crippen LogP contribution in [0.5, 0.6) is 0 Å². The number of nitrogens with zero attached hydrogens (tertiary/aromatic N) is 3. The van der Waals surface area contributed by atoms with E-state index in [2.05, 4.69) is 65.1 Å². The summed E-state index contributed by atoms with van der Waals surface area (Å²) >= 11 is 2.07. The summed E-state index contributed by atoms with van der Waals surface area (Å²) in [6.07, 6.45) is 1.63. The van der Waals surface area contributed by atoms with Crippen LogP contribution in [-0.4, -0.2) is 54.5 Å². The van der Waals surface area contributed by atoms with Crippen molar-refractivity contribution in [2.75, 3.05) is 37.3 Å². The first-order valence-corrected chi connectivity index (χ1v) is 10.6. The highest BCUT2D eigenvalue weighted by atomic mass is 127. The molecule has 27 heavy (non-hydrogen) atoms. The van der Waals surface area contributed by atoms with Crippen LogP contribution in [0.1, 0.15) is 32.3 Å². The average molecular weight is 502 g/mol. The van der Waals surface area contributed by atoms with Gasteiger partial charge in [-0.2, -0.15) is 11.8 Å². The number of hydrogen-bond acceptors (Lipinski definition) is 3. The predicted molar refractivity (Wildman–Crippen MR) is 126 cm³/mol. The lowest BCUT2D eigenvalue weighted by atomic mass is 10.1. The molecule has 5 nitrogen and oxygen atoms in total. The number of thioether (sulfide) groups is 1. The van der Waals surface area contributed by atoms with Crippen molar-refractivity contribution in [1.29, 1.82) is 0 Å². The normalized spacial score (nSPS) is 20.8. The molecule has 150 valence electrons. The van der Waals surface area contributed by atoms with Gasteiger partial charge >= 0.3 is 0 Å². The number of nitrogens with one attached hydrogen (secondary N) is 1. The fourth-order valence-corrected chi connectivity index (χ4v) is 4.80. The largest absolute Gasteiger partial charge is 0.352 e. The van der Waals surface area contributed by atoms with E-state index < -0.39 is 0 Å². The molecule has 0 bridgehead atoms. The third-order valence-electron chi connectivity index (χ3n) is 5.12. The molecule has 2 aliphatic rings. The molecule has 0 radical (unpaired) electrons. The summed E-state index contributed by atoms with van der Waals surface area (Å²) in [7, 11) is 1.86. The Kier molecular flexibility index (Phi) is 8.72. The molecular weight excluding hydrogens is 471 g/mol. The van der Waals surface area contributed by atoms with Gasteiger partial charge in [-0.3, -0.25) is 9.79 Å². The van der Waals surface area contributed by atoms with Gasteiger partial charge in [-0.25, -0.2) is 0 Å². The van der Waals surface area contributed by atoms with E-state index in [0.29, 0.717) is 17.6 Å². The molecule has 2 saturated heterocycles. The number of anilines is 1. The summed E-state index contributed by atoms with van der Waals surface area (Å²) in [5, 5.41) is 4.17. The van der Waals surface area contributed by atoms with Crippen LogP contribution in [0.4, 0.5) is 5.69 Å². The standard InChI is InChI=1S/C20H30N4OS.HI/c1-15(2)18-14-23(11-12-26-18)20(21-3)22-13-16-6-8-17(9-7-16)24-10-4-5-19(24)25;/h6-9,15,18H,4-5,10-14H2,1-3H3,(H,21,22);1H. The Morgan fingerprint density at radius 3 is 2.63 bits per heavy atom. The number of guanidine groups is 1. The Morgan fingerprint density at radius 1 is 1.30 bits per heavy atom. The minimum Gasteiger partial charge on any atom is -0.352 e. The summed E-state index contributed by atoms with van der Waals surface area (Å²) in [5.74, 6) is 3.05. The molecule has 3 rings (SSSR count). The topological polar surface area (TPSA) is 47.9 Å². The van der Waals surface area contributed by atoms with E-state index >= 15 is 0 Å². The highest BCUT2D eigenvalue weighted by Gasteiger charge is 2.25. The molecule has 0 aliphatic carbocycles. The molecule has 0 aromatic heterocycles. The second-order valence-corrected chi connectivity index (χ2v) is 8.66. The second kappa shape index (κ2) is 10.5. The number of rotatable bonds is 4. The van der Waals surface area contributed by atoms with E-state index in [-0.39, 0.29) is 29.9 Å². The zero-order chi connectivity index (χ0) is 18.5. The monoisotopic (exact) mass is 502 g/mol. The number of carbonyl (C=O) groups is 1. The molecule has 1 amide bonds. The number of carbonyl (C=O) groups excluding carboxylic acids is 1. The quantitative estimate of drug-likeness (QED) is 0.389. The molecular formula is C20H31IN4OS. The highest BCUT2D eigenvalue weighted by molar-refractivity contribution is 14.0. The summed E-state index contributed by atoms with van der Waals surface area (Å²) < 4.78 is 0. The molecule has 1 N–H and O–H groups in total. The van der Waals surface area contributed by atoms with Gasteiger partial charge in [0.2, 0.25) is 5.91 Å². The van der Waals surface area contributed by atoms with Crippen molar-refractivity contribution in [3.8, 4) is 0 Å². The van der Waals surface area contributed by atoms with Crippen molar-refractivity contribution in [2.24, 2.45) is 10.9 Å². The molecule has 2 aliphatic heterocycles. The molecule has 0 saturated carbocycles. The van der Waals surface area contributed by atoms with Gasteiger partial charge in [0.05, 0.1) is 0 Å². The molecule has 2 heterocycles. The van der Waals surface area contributed by atoms with Gasteiger partial charge in [0.15, 0.2) is 5.96 Å². The lowest BCUT2D eigenvalue weighted by molar-refractivity contribution is -0.117. The number of amides is 1. The van der Waals surface area contributed by atoms with Crippen LogP contribution < -0.4 is 10.2 Å².